The molecule has 10 nitrogen and oxygen atoms in total. The van der Waals surface area contributed by atoms with Gasteiger partial charge in [0.15, 0.2) is 0 Å². The third kappa shape index (κ3) is 6.91. The second kappa shape index (κ2) is 12.2. The number of ether oxygens (including phenoxy) is 2. The molecule has 12 heteroatoms. The van der Waals surface area contributed by atoms with Crippen LogP contribution in [0.2, 0.25) is 0 Å². The first-order chi connectivity index (χ1) is 18.7. The van der Waals surface area contributed by atoms with Crippen molar-refractivity contribution in [1.29, 1.82) is 0 Å². The second-order valence-electron chi connectivity index (χ2n) is 8.32. The third-order valence-electron chi connectivity index (χ3n) is 5.76. The summed E-state index contributed by atoms with van der Waals surface area (Å²) in [7, 11) is -0.619. The molecule has 0 aliphatic heterocycles. The molecule has 1 heterocycles. The summed E-state index contributed by atoms with van der Waals surface area (Å²) in [6, 6.07) is 20.5. The number of aromatic nitrogens is 3. The van der Waals surface area contributed by atoms with Gasteiger partial charge < -0.3 is 14.8 Å². The maximum atomic E-state index is 13.0. The monoisotopic (exact) mass is 565 g/mol. The van der Waals surface area contributed by atoms with Gasteiger partial charge in [0.1, 0.15) is 22.9 Å². The number of benzene rings is 3. The molecule has 39 heavy (non-hydrogen) atoms. The lowest BCUT2D eigenvalue weighted by molar-refractivity contribution is -0.115. The number of methoxy groups -OCH3 is 2. The molecule has 0 fully saturated rings. The number of hydrogen-bond acceptors (Lipinski definition) is 9. The Labute approximate surface area is 231 Å². The fraction of sp³-hybridized carbons (Fsp3) is 0.185. The largest absolute Gasteiger partial charge is 0.497 e. The SMILES string of the molecule is CCC(Sc1nnc(-c2ccc(OC)cc2)c(-c2ccc(OC)cc2)n1)C(=O)Nc1ccc(S(N)(=O)=O)cc1. The predicted octanol–water partition coefficient (Wildman–Crippen LogP) is 4.38. The number of primary sulfonamides is 1. The molecule has 1 aromatic heterocycles. The number of thioether (sulfide) groups is 1. The quantitative estimate of drug-likeness (QED) is 0.267. The van der Waals surface area contributed by atoms with Crippen LogP contribution in [-0.4, -0.2) is 49.0 Å². The number of anilines is 1. The van der Waals surface area contributed by atoms with Gasteiger partial charge in [-0.2, -0.15) is 0 Å². The van der Waals surface area contributed by atoms with Crippen molar-refractivity contribution < 1.29 is 22.7 Å². The summed E-state index contributed by atoms with van der Waals surface area (Å²) in [4.78, 5) is 17.8. The first-order valence-corrected chi connectivity index (χ1v) is 14.3. The Morgan fingerprint density at radius 1 is 0.872 bits per heavy atom. The summed E-state index contributed by atoms with van der Waals surface area (Å²) in [6.45, 7) is 1.88. The topological polar surface area (TPSA) is 146 Å². The summed E-state index contributed by atoms with van der Waals surface area (Å²) in [6.07, 6.45) is 0.493. The number of rotatable bonds is 10. The molecule has 0 bridgehead atoms. The van der Waals surface area contributed by atoms with Gasteiger partial charge in [-0.3, -0.25) is 4.79 Å². The molecule has 1 unspecified atom stereocenters. The van der Waals surface area contributed by atoms with Crippen LogP contribution in [-0.2, 0) is 14.8 Å². The van der Waals surface area contributed by atoms with Gasteiger partial charge in [-0.25, -0.2) is 18.5 Å². The number of nitrogens with zero attached hydrogens (tertiary/aromatic N) is 3. The van der Waals surface area contributed by atoms with E-state index in [0.717, 1.165) is 11.1 Å². The van der Waals surface area contributed by atoms with Crippen molar-refractivity contribution in [2.24, 2.45) is 5.14 Å². The van der Waals surface area contributed by atoms with Crippen molar-refractivity contribution >= 4 is 33.4 Å². The minimum Gasteiger partial charge on any atom is -0.497 e. The zero-order chi connectivity index (χ0) is 28.0. The number of nitrogens with two attached hydrogens (primary N) is 1. The highest BCUT2D eigenvalue weighted by atomic mass is 32.2. The Morgan fingerprint density at radius 3 is 1.90 bits per heavy atom. The first-order valence-electron chi connectivity index (χ1n) is 11.9. The molecule has 1 amide bonds. The molecule has 3 N–H and O–H groups in total. The summed E-state index contributed by atoms with van der Waals surface area (Å²) < 4.78 is 33.5. The van der Waals surface area contributed by atoms with Crippen molar-refractivity contribution in [1.82, 2.24) is 15.2 Å². The molecule has 0 saturated heterocycles. The van der Waals surface area contributed by atoms with Crippen LogP contribution in [0.3, 0.4) is 0 Å². The maximum Gasteiger partial charge on any atom is 0.238 e. The van der Waals surface area contributed by atoms with Crippen molar-refractivity contribution in [2.45, 2.75) is 28.6 Å². The van der Waals surface area contributed by atoms with Crippen molar-refractivity contribution in [3.05, 3.63) is 72.8 Å². The number of carbonyl (C=O) groups excluding carboxylic acids is 1. The van der Waals surface area contributed by atoms with E-state index in [1.807, 2.05) is 55.5 Å². The van der Waals surface area contributed by atoms with Gasteiger partial charge in [-0.15, -0.1) is 10.2 Å². The number of hydrogen-bond donors (Lipinski definition) is 2. The Bertz CT molecular complexity index is 1550. The predicted molar refractivity (Wildman–Crippen MR) is 150 cm³/mol. The molecule has 4 rings (SSSR count). The molecule has 0 saturated carbocycles. The van der Waals surface area contributed by atoms with Gasteiger partial charge in [-0.05, 0) is 79.2 Å². The highest BCUT2D eigenvalue weighted by Gasteiger charge is 2.22. The molecule has 3 aromatic carbocycles. The average molecular weight is 566 g/mol. The van der Waals surface area contributed by atoms with Crippen LogP contribution < -0.4 is 19.9 Å². The first kappa shape index (κ1) is 28.0. The second-order valence-corrected chi connectivity index (χ2v) is 11.1. The Hall–Kier alpha value is -4.00. The van der Waals surface area contributed by atoms with Gasteiger partial charge in [0.25, 0.3) is 0 Å². The molecule has 0 spiro atoms. The van der Waals surface area contributed by atoms with Gasteiger partial charge in [0.2, 0.25) is 21.1 Å². The molecule has 0 aliphatic rings. The Morgan fingerprint density at radius 2 is 1.41 bits per heavy atom. The minimum absolute atomic E-state index is 0.0376. The van der Waals surface area contributed by atoms with E-state index in [-0.39, 0.29) is 10.8 Å². The minimum atomic E-state index is -3.82. The summed E-state index contributed by atoms with van der Waals surface area (Å²) in [5.41, 5.74) is 3.25. The summed E-state index contributed by atoms with van der Waals surface area (Å²) >= 11 is 1.19. The molecular weight excluding hydrogens is 538 g/mol. The van der Waals surface area contributed by atoms with Gasteiger partial charge in [-0.1, -0.05) is 18.7 Å². The van der Waals surface area contributed by atoms with Gasteiger partial charge >= 0.3 is 0 Å². The Balaban J connectivity index is 1.61. The zero-order valence-electron chi connectivity index (χ0n) is 21.5. The zero-order valence-corrected chi connectivity index (χ0v) is 23.1. The van der Waals surface area contributed by atoms with Gasteiger partial charge in [0.05, 0.1) is 24.4 Å². The summed E-state index contributed by atoms with van der Waals surface area (Å²) in [5.74, 6) is 1.15. The number of sulfonamides is 1. The van der Waals surface area contributed by atoms with Gasteiger partial charge in [0, 0.05) is 16.8 Å². The highest BCUT2D eigenvalue weighted by Crippen LogP contribution is 2.33. The van der Waals surface area contributed by atoms with Crippen LogP contribution in [0.5, 0.6) is 11.5 Å². The van der Waals surface area contributed by atoms with Crippen LogP contribution in [0.4, 0.5) is 5.69 Å². The third-order valence-corrected chi connectivity index (χ3v) is 7.90. The fourth-order valence-corrected chi connectivity index (χ4v) is 4.99. The van der Waals surface area contributed by atoms with Crippen LogP contribution in [0.15, 0.2) is 82.8 Å². The lowest BCUT2D eigenvalue weighted by Gasteiger charge is -2.15. The fourth-order valence-electron chi connectivity index (χ4n) is 3.65. The molecular formula is C27H27N5O5S2. The highest BCUT2D eigenvalue weighted by molar-refractivity contribution is 8.00. The van der Waals surface area contributed by atoms with Crippen molar-refractivity contribution in [3.8, 4) is 34.0 Å². The van der Waals surface area contributed by atoms with E-state index < -0.39 is 15.3 Å². The number of amides is 1. The van der Waals surface area contributed by atoms with E-state index in [1.54, 1.807) is 14.2 Å². The van der Waals surface area contributed by atoms with E-state index in [0.29, 0.717) is 40.2 Å². The normalized spacial score (nSPS) is 12.0. The van der Waals surface area contributed by atoms with Crippen LogP contribution >= 0.6 is 11.8 Å². The van der Waals surface area contributed by atoms with Crippen molar-refractivity contribution in [2.75, 3.05) is 19.5 Å². The van der Waals surface area contributed by atoms with E-state index in [2.05, 4.69) is 15.5 Å². The molecule has 1 atom stereocenters. The molecule has 0 radical (unpaired) electrons. The number of nitrogens with one attached hydrogen (secondary N) is 1. The lowest BCUT2D eigenvalue weighted by Crippen LogP contribution is -2.25. The van der Waals surface area contributed by atoms with E-state index in [4.69, 9.17) is 19.6 Å². The Kier molecular flexibility index (Phi) is 8.79. The smallest absolute Gasteiger partial charge is 0.238 e. The lowest BCUT2D eigenvalue weighted by atomic mass is 10.0. The molecule has 202 valence electrons. The van der Waals surface area contributed by atoms with Crippen LogP contribution in [0.25, 0.3) is 22.5 Å². The van der Waals surface area contributed by atoms with Crippen LogP contribution in [0, 0.1) is 0 Å². The van der Waals surface area contributed by atoms with E-state index in [9.17, 15) is 13.2 Å². The van der Waals surface area contributed by atoms with E-state index >= 15 is 0 Å². The van der Waals surface area contributed by atoms with Crippen molar-refractivity contribution in [3.63, 3.8) is 0 Å². The van der Waals surface area contributed by atoms with E-state index in [1.165, 1.54) is 36.0 Å². The average Bonchev–Trinajstić information content (AvgIpc) is 2.95. The maximum absolute atomic E-state index is 13.0. The molecule has 4 aromatic rings. The molecule has 0 aliphatic carbocycles. The summed E-state index contributed by atoms with van der Waals surface area (Å²) in [5, 5.41) is 16.6. The standard InChI is InChI=1S/C27H27N5O5S2/c1-4-23(26(33)29-19-9-15-22(16-10-19)39(28,34)35)38-27-30-24(17-5-11-20(36-2)12-6-17)25(31-32-27)18-7-13-21(37-3)14-8-18/h5-16,23H,4H2,1-3H3,(H,29,33)(H2,28,34,35). The number of carbonyl (C=O) groups is 1. The van der Waals surface area contributed by atoms with Crippen LogP contribution in [0.1, 0.15) is 13.3 Å².